The number of hydrogen-bond acceptors (Lipinski definition) is 3. The molecule has 1 N–H and O–H groups in total. The first-order valence-electron chi connectivity index (χ1n) is 6.48. The van der Waals surface area contributed by atoms with Gasteiger partial charge in [0.1, 0.15) is 5.82 Å². The number of halogens is 1. The Morgan fingerprint density at radius 2 is 2.11 bits per heavy atom. The van der Waals surface area contributed by atoms with Gasteiger partial charge in [0.05, 0.1) is 12.2 Å². The van der Waals surface area contributed by atoms with Crippen LogP contribution in [0.4, 0.5) is 4.39 Å². The van der Waals surface area contributed by atoms with E-state index in [1.165, 1.54) is 6.07 Å². The van der Waals surface area contributed by atoms with Gasteiger partial charge in [-0.2, -0.15) is 10.2 Å². The highest BCUT2D eigenvalue weighted by molar-refractivity contribution is 5.35. The molecular weight excluding hydrogens is 241 g/mol. The number of rotatable bonds is 5. The van der Waals surface area contributed by atoms with Crippen molar-refractivity contribution < 1.29 is 4.39 Å². The van der Waals surface area contributed by atoms with Crippen molar-refractivity contribution in [3.8, 4) is 0 Å². The zero-order valence-corrected chi connectivity index (χ0v) is 11.2. The van der Waals surface area contributed by atoms with Crippen LogP contribution in [-0.4, -0.2) is 16.7 Å². The number of nitrogens with zero attached hydrogens (tertiary/aromatic N) is 2. The largest absolute Gasteiger partial charge is 0.306 e. The fraction of sp³-hybridized carbons (Fsp3) is 0.333. The van der Waals surface area contributed by atoms with E-state index < -0.39 is 0 Å². The Morgan fingerprint density at radius 1 is 1.26 bits per heavy atom. The fourth-order valence-electron chi connectivity index (χ4n) is 2.09. The second kappa shape index (κ2) is 6.38. The predicted octanol–water partition coefficient (Wildman–Crippen LogP) is 3.01. The van der Waals surface area contributed by atoms with Gasteiger partial charge in [0.15, 0.2) is 0 Å². The molecule has 0 amide bonds. The van der Waals surface area contributed by atoms with E-state index in [9.17, 15) is 4.39 Å². The Kier molecular flexibility index (Phi) is 4.58. The van der Waals surface area contributed by atoms with E-state index in [1.54, 1.807) is 24.5 Å². The lowest BCUT2D eigenvalue weighted by Gasteiger charge is -2.21. The quantitative estimate of drug-likeness (QED) is 0.897. The summed E-state index contributed by atoms with van der Waals surface area (Å²) in [5.41, 5.74) is 3.01. The van der Waals surface area contributed by atoms with Gasteiger partial charge in [0.2, 0.25) is 0 Å². The van der Waals surface area contributed by atoms with Crippen molar-refractivity contribution in [1.29, 1.82) is 0 Å². The molecule has 0 spiro atoms. The normalized spacial score (nSPS) is 12.4. The highest BCUT2D eigenvalue weighted by Gasteiger charge is 2.16. The first kappa shape index (κ1) is 13.6. The fourth-order valence-corrected chi connectivity index (χ4v) is 2.09. The van der Waals surface area contributed by atoms with Crippen LogP contribution in [0.25, 0.3) is 0 Å². The molecule has 100 valence electrons. The molecule has 1 unspecified atom stereocenters. The lowest BCUT2D eigenvalue weighted by molar-refractivity contribution is 0.580. The zero-order valence-electron chi connectivity index (χ0n) is 11.2. The first-order valence-corrected chi connectivity index (χ1v) is 6.48. The lowest BCUT2D eigenvalue weighted by atomic mass is 9.96. The molecule has 0 aliphatic heterocycles. The molecule has 3 nitrogen and oxygen atoms in total. The third kappa shape index (κ3) is 3.35. The molecular formula is C15H18FN3. The Hall–Kier alpha value is -1.81. The molecule has 0 aliphatic carbocycles. The molecule has 0 fully saturated rings. The molecule has 1 heterocycles. The van der Waals surface area contributed by atoms with Crippen molar-refractivity contribution in [1.82, 2.24) is 15.5 Å². The molecule has 4 heteroatoms. The van der Waals surface area contributed by atoms with Crippen molar-refractivity contribution in [3.63, 3.8) is 0 Å². The van der Waals surface area contributed by atoms with Crippen LogP contribution in [0.3, 0.4) is 0 Å². The number of aromatic nitrogens is 2. The van der Waals surface area contributed by atoms with Crippen molar-refractivity contribution >= 4 is 0 Å². The minimum Gasteiger partial charge on any atom is -0.306 e. The van der Waals surface area contributed by atoms with Gasteiger partial charge in [-0.15, -0.1) is 0 Å². The van der Waals surface area contributed by atoms with Crippen LogP contribution in [0.1, 0.15) is 36.1 Å². The first-order chi connectivity index (χ1) is 9.22. The summed E-state index contributed by atoms with van der Waals surface area (Å²) in [6, 6.07) is 6.74. The van der Waals surface area contributed by atoms with Gasteiger partial charge in [0, 0.05) is 6.20 Å². The number of aryl methyl sites for hydroxylation is 1. The second-order valence-electron chi connectivity index (χ2n) is 4.56. The molecule has 2 aromatic rings. The maximum atomic E-state index is 13.5. The third-order valence-electron chi connectivity index (χ3n) is 3.09. The van der Waals surface area contributed by atoms with E-state index in [1.807, 2.05) is 13.0 Å². The van der Waals surface area contributed by atoms with Crippen molar-refractivity contribution in [2.24, 2.45) is 0 Å². The maximum Gasteiger partial charge on any atom is 0.123 e. The summed E-state index contributed by atoms with van der Waals surface area (Å²) in [5.74, 6) is -0.217. The molecule has 0 radical (unpaired) electrons. The Morgan fingerprint density at radius 3 is 2.79 bits per heavy atom. The van der Waals surface area contributed by atoms with Gasteiger partial charge in [-0.25, -0.2) is 4.39 Å². The Balaban J connectivity index is 2.40. The van der Waals surface area contributed by atoms with Gasteiger partial charge < -0.3 is 5.32 Å². The molecule has 1 aromatic heterocycles. The van der Waals surface area contributed by atoms with Gasteiger partial charge in [-0.05, 0) is 54.8 Å². The third-order valence-corrected chi connectivity index (χ3v) is 3.09. The minimum atomic E-state index is -0.217. The van der Waals surface area contributed by atoms with E-state index in [0.717, 1.165) is 29.7 Å². The van der Waals surface area contributed by atoms with Crippen molar-refractivity contribution in [2.75, 3.05) is 6.54 Å². The van der Waals surface area contributed by atoms with Gasteiger partial charge >= 0.3 is 0 Å². The summed E-state index contributed by atoms with van der Waals surface area (Å²) in [5, 5.41) is 11.1. The summed E-state index contributed by atoms with van der Waals surface area (Å²) in [6.07, 6.45) is 4.39. The smallest absolute Gasteiger partial charge is 0.123 e. The maximum absolute atomic E-state index is 13.5. The van der Waals surface area contributed by atoms with Gasteiger partial charge in [-0.3, -0.25) is 0 Å². The zero-order chi connectivity index (χ0) is 13.7. The average Bonchev–Trinajstić information content (AvgIpc) is 2.44. The SMILES string of the molecule is CCCNC(c1ccnnc1)c1cc(F)ccc1C. The summed E-state index contributed by atoms with van der Waals surface area (Å²) in [4.78, 5) is 0. The standard InChI is InChI=1S/C15H18FN3/c1-3-7-17-15(12-6-8-18-19-10-12)14-9-13(16)5-4-11(14)2/h4-6,8-10,15,17H,3,7H2,1-2H3. The summed E-state index contributed by atoms with van der Waals surface area (Å²) in [6.45, 7) is 4.96. The van der Waals surface area contributed by atoms with Gasteiger partial charge in [0.25, 0.3) is 0 Å². The van der Waals surface area contributed by atoms with Crippen LogP contribution >= 0.6 is 0 Å². The van der Waals surface area contributed by atoms with Crippen LogP contribution in [0.2, 0.25) is 0 Å². The van der Waals surface area contributed by atoms with E-state index in [0.29, 0.717) is 0 Å². The summed E-state index contributed by atoms with van der Waals surface area (Å²) >= 11 is 0. The topological polar surface area (TPSA) is 37.8 Å². The number of benzene rings is 1. The average molecular weight is 259 g/mol. The molecule has 0 saturated heterocycles. The Labute approximate surface area is 112 Å². The number of nitrogens with one attached hydrogen (secondary N) is 1. The van der Waals surface area contributed by atoms with Crippen LogP contribution in [0.15, 0.2) is 36.7 Å². The predicted molar refractivity (Wildman–Crippen MR) is 73.3 cm³/mol. The second-order valence-corrected chi connectivity index (χ2v) is 4.56. The minimum absolute atomic E-state index is 0.0499. The van der Waals surface area contributed by atoms with E-state index in [4.69, 9.17) is 0 Å². The summed E-state index contributed by atoms with van der Waals surface area (Å²) in [7, 11) is 0. The van der Waals surface area contributed by atoms with E-state index in [2.05, 4.69) is 22.4 Å². The van der Waals surface area contributed by atoms with Crippen LogP contribution in [-0.2, 0) is 0 Å². The molecule has 0 bridgehead atoms. The van der Waals surface area contributed by atoms with Crippen LogP contribution in [0.5, 0.6) is 0 Å². The highest BCUT2D eigenvalue weighted by Crippen LogP contribution is 2.25. The Bertz CT molecular complexity index is 528. The lowest BCUT2D eigenvalue weighted by Crippen LogP contribution is -2.24. The van der Waals surface area contributed by atoms with Crippen molar-refractivity contribution in [3.05, 3.63) is 59.2 Å². The van der Waals surface area contributed by atoms with E-state index >= 15 is 0 Å². The molecule has 0 aliphatic rings. The van der Waals surface area contributed by atoms with Crippen LogP contribution < -0.4 is 5.32 Å². The molecule has 0 saturated carbocycles. The van der Waals surface area contributed by atoms with E-state index in [-0.39, 0.29) is 11.9 Å². The molecule has 1 aromatic carbocycles. The monoisotopic (exact) mass is 259 g/mol. The van der Waals surface area contributed by atoms with Crippen LogP contribution in [0, 0.1) is 12.7 Å². The van der Waals surface area contributed by atoms with Gasteiger partial charge in [-0.1, -0.05) is 13.0 Å². The molecule has 1 atom stereocenters. The van der Waals surface area contributed by atoms with Crippen molar-refractivity contribution in [2.45, 2.75) is 26.3 Å². The highest BCUT2D eigenvalue weighted by atomic mass is 19.1. The summed E-state index contributed by atoms with van der Waals surface area (Å²) < 4.78 is 13.5. The molecule has 19 heavy (non-hydrogen) atoms. The molecule has 2 rings (SSSR count). The number of hydrogen-bond donors (Lipinski definition) is 1.